The van der Waals surface area contributed by atoms with Crippen LogP contribution >= 0.6 is 46.6 Å². The van der Waals surface area contributed by atoms with Crippen LogP contribution in [-0.2, 0) is 21.9 Å². The smallest absolute Gasteiger partial charge is 0.242 e. The van der Waals surface area contributed by atoms with Crippen molar-refractivity contribution in [2.75, 3.05) is 12.8 Å². The summed E-state index contributed by atoms with van der Waals surface area (Å²) in [4.78, 5) is 27.0. The minimum Gasteiger partial charge on any atom is -0.357 e. The van der Waals surface area contributed by atoms with E-state index in [1.807, 2.05) is 37.3 Å². The van der Waals surface area contributed by atoms with Gasteiger partial charge in [-0.05, 0) is 41.8 Å². The lowest BCUT2D eigenvalue weighted by Crippen LogP contribution is -2.48. The molecular weight excluding hydrogens is 451 g/mol. The third-order valence-corrected chi connectivity index (χ3v) is 6.32. The van der Waals surface area contributed by atoms with Crippen LogP contribution in [0, 0.1) is 0 Å². The van der Waals surface area contributed by atoms with Crippen LogP contribution in [0.3, 0.4) is 0 Å². The van der Waals surface area contributed by atoms with E-state index in [1.165, 1.54) is 11.8 Å². The summed E-state index contributed by atoms with van der Waals surface area (Å²) in [6, 6.07) is 12.2. The zero-order chi connectivity index (χ0) is 21.4. The molecule has 0 saturated heterocycles. The normalized spacial score (nSPS) is 11.8. The molecule has 0 aliphatic carbocycles. The maximum Gasteiger partial charge on any atom is 0.242 e. The zero-order valence-corrected chi connectivity index (χ0v) is 19.3. The molecule has 0 aliphatic rings. The first kappa shape index (κ1) is 23.9. The molecule has 2 aromatic carbocycles. The van der Waals surface area contributed by atoms with Crippen molar-refractivity contribution in [3.8, 4) is 0 Å². The van der Waals surface area contributed by atoms with E-state index in [2.05, 4.69) is 5.32 Å². The molecule has 156 valence electrons. The van der Waals surface area contributed by atoms with Crippen molar-refractivity contribution in [2.24, 2.45) is 0 Å². The largest absolute Gasteiger partial charge is 0.357 e. The van der Waals surface area contributed by atoms with Crippen molar-refractivity contribution < 1.29 is 9.59 Å². The number of nitrogens with zero attached hydrogens (tertiary/aromatic N) is 1. The summed E-state index contributed by atoms with van der Waals surface area (Å²) in [5.41, 5.74) is 1.86. The van der Waals surface area contributed by atoms with Gasteiger partial charge in [0.15, 0.2) is 0 Å². The molecule has 8 heteroatoms. The highest BCUT2D eigenvalue weighted by molar-refractivity contribution is 7.99. The average Bonchev–Trinajstić information content (AvgIpc) is 2.70. The van der Waals surface area contributed by atoms with Gasteiger partial charge in [0.1, 0.15) is 6.04 Å². The highest BCUT2D eigenvalue weighted by Crippen LogP contribution is 2.24. The van der Waals surface area contributed by atoms with Gasteiger partial charge in [-0.2, -0.15) is 0 Å². The molecule has 2 rings (SSSR count). The summed E-state index contributed by atoms with van der Waals surface area (Å²) in [5.74, 6) is 0.602. The minimum atomic E-state index is -0.561. The van der Waals surface area contributed by atoms with Gasteiger partial charge in [-0.15, -0.1) is 11.8 Å². The first-order valence-corrected chi connectivity index (χ1v) is 11.4. The number of benzene rings is 2. The maximum atomic E-state index is 13.0. The van der Waals surface area contributed by atoms with Gasteiger partial charge < -0.3 is 10.2 Å². The van der Waals surface area contributed by atoms with E-state index in [0.29, 0.717) is 27.2 Å². The standard InChI is InChI=1S/C21H23Cl3N2O2S/c1-3-19(21(28)25-2)26(11-14-7-8-17(23)18(24)10-14)20(27)13-29-12-15-5-4-6-16(22)9-15/h4-10,19H,3,11-13H2,1-2H3,(H,25,28)/t19-/m0/s1. The second kappa shape index (κ2) is 11.7. The summed E-state index contributed by atoms with van der Waals surface area (Å²) in [5, 5.41) is 4.18. The summed E-state index contributed by atoms with van der Waals surface area (Å²) < 4.78 is 0. The number of rotatable bonds is 9. The van der Waals surface area contributed by atoms with E-state index in [9.17, 15) is 9.59 Å². The van der Waals surface area contributed by atoms with Crippen molar-refractivity contribution >= 4 is 58.4 Å². The molecule has 0 unspecified atom stereocenters. The highest BCUT2D eigenvalue weighted by atomic mass is 35.5. The van der Waals surface area contributed by atoms with E-state index >= 15 is 0 Å². The van der Waals surface area contributed by atoms with Gasteiger partial charge in [-0.3, -0.25) is 9.59 Å². The number of carbonyl (C=O) groups is 2. The molecule has 29 heavy (non-hydrogen) atoms. The quantitative estimate of drug-likeness (QED) is 0.528. The Hall–Kier alpha value is -1.40. The number of hydrogen-bond acceptors (Lipinski definition) is 3. The molecule has 0 aliphatic heterocycles. The molecule has 0 heterocycles. The van der Waals surface area contributed by atoms with Gasteiger partial charge in [0.05, 0.1) is 15.8 Å². The van der Waals surface area contributed by atoms with Crippen LogP contribution in [0.4, 0.5) is 0 Å². The van der Waals surface area contributed by atoms with Crippen LogP contribution in [0.25, 0.3) is 0 Å². The van der Waals surface area contributed by atoms with Crippen molar-refractivity contribution in [1.29, 1.82) is 0 Å². The van der Waals surface area contributed by atoms with Gasteiger partial charge >= 0.3 is 0 Å². The molecule has 2 aromatic rings. The Labute approximate surface area is 190 Å². The number of hydrogen-bond donors (Lipinski definition) is 1. The Balaban J connectivity index is 2.13. The number of nitrogens with one attached hydrogen (secondary N) is 1. The second-order valence-electron chi connectivity index (χ2n) is 6.43. The third-order valence-electron chi connectivity index (χ3n) is 4.35. The Bertz CT molecular complexity index is 864. The molecule has 4 nitrogen and oxygen atoms in total. The van der Waals surface area contributed by atoms with Crippen LogP contribution < -0.4 is 5.32 Å². The molecule has 0 aromatic heterocycles. The molecule has 0 saturated carbocycles. The molecule has 0 radical (unpaired) electrons. The highest BCUT2D eigenvalue weighted by Gasteiger charge is 2.28. The molecular formula is C21H23Cl3N2O2S. The average molecular weight is 474 g/mol. The lowest BCUT2D eigenvalue weighted by molar-refractivity contribution is -0.139. The SMILES string of the molecule is CC[C@@H](C(=O)NC)N(Cc1ccc(Cl)c(Cl)c1)C(=O)CSCc1cccc(Cl)c1. The van der Waals surface area contributed by atoms with Crippen molar-refractivity contribution in [2.45, 2.75) is 31.7 Å². The predicted octanol–water partition coefficient (Wildman–Crippen LogP) is 5.43. The van der Waals surface area contributed by atoms with E-state index in [1.54, 1.807) is 24.1 Å². The van der Waals surface area contributed by atoms with E-state index in [0.717, 1.165) is 11.1 Å². The van der Waals surface area contributed by atoms with E-state index < -0.39 is 6.04 Å². The molecule has 1 N–H and O–H groups in total. The van der Waals surface area contributed by atoms with Gasteiger partial charge in [0, 0.05) is 24.4 Å². The summed E-state index contributed by atoms with van der Waals surface area (Å²) in [7, 11) is 1.57. The first-order chi connectivity index (χ1) is 13.8. The Kier molecular flexibility index (Phi) is 9.63. The lowest BCUT2D eigenvalue weighted by atomic mass is 10.1. The maximum absolute atomic E-state index is 13.0. The Morgan fingerprint density at radius 1 is 1.07 bits per heavy atom. The third kappa shape index (κ3) is 7.10. The van der Waals surface area contributed by atoms with Gasteiger partial charge in [0.2, 0.25) is 11.8 Å². The van der Waals surface area contributed by atoms with Gasteiger partial charge in [0.25, 0.3) is 0 Å². The van der Waals surface area contributed by atoms with Gasteiger partial charge in [-0.25, -0.2) is 0 Å². The lowest BCUT2D eigenvalue weighted by Gasteiger charge is -2.30. The molecule has 0 spiro atoms. The van der Waals surface area contributed by atoms with Crippen LogP contribution in [-0.4, -0.2) is 35.6 Å². The van der Waals surface area contributed by atoms with Crippen LogP contribution in [0.15, 0.2) is 42.5 Å². The second-order valence-corrected chi connectivity index (χ2v) is 8.67. The van der Waals surface area contributed by atoms with E-state index in [-0.39, 0.29) is 24.1 Å². The van der Waals surface area contributed by atoms with Crippen molar-refractivity contribution in [3.05, 3.63) is 68.7 Å². The van der Waals surface area contributed by atoms with Gasteiger partial charge in [-0.1, -0.05) is 59.9 Å². The monoisotopic (exact) mass is 472 g/mol. The van der Waals surface area contributed by atoms with Crippen LogP contribution in [0.1, 0.15) is 24.5 Å². The van der Waals surface area contributed by atoms with Crippen LogP contribution in [0.2, 0.25) is 15.1 Å². The van der Waals surface area contributed by atoms with Crippen molar-refractivity contribution in [3.63, 3.8) is 0 Å². The van der Waals surface area contributed by atoms with Crippen molar-refractivity contribution in [1.82, 2.24) is 10.2 Å². The first-order valence-electron chi connectivity index (χ1n) is 9.12. The number of halogens is 3. The number of likely N-dealkylation sites (N-methyl/N-ethyl adjacent to an activating group) is 1. The molecule has 0 fully saturated rings. The fourth-order valence-electron chi connectivity index (χ4n) is 2.89. The number of carbonyl (C=O) groups excluding carboxylic acids is 2. The van der Waals surface area contributed by atoms with E-state index in [4.69, 9.17) is 34.8 Å². The Morgan fingerprint density at radius 3 is 2.45 bits per heavy atom. The fourth-order valence-corrected chi connectivity index (χ4v) is 4.28. The Morgan fingerprint density at radius 2 is 1.83 bits per heavy atom. The predicted molar refractivity (Wildman–Crippen MR) is 123 cm³/mol. The van der Waals surface area contributed by atoms with Crippen LogP contribution in [0.5, 0.6) is 0 Å². The summed E-state index contributed by atoms with van der Waals surface area (Å²) in [6.07, 6.45) is 0.506. The zero-order valence-electron chi connectivity index (χ0n) is 16.3. The number of amides is 2. The summed E-state index contributed by atoms with van der Waals surface area (Å²) in [6.45, 7) is 2.16. The topological polar surface area (TPSA) is 49.4 Å². The number of thioether (sulfide) groups is 1. The molecule has 2 amide bonds. The fraction of sp³-hybridized carbons (Fsp3) is 0.333. The molecule has 1 atom stereocenters. The molecule has 0 bridgehead atoms. The minimum absolute atomic E-state index is 0.112. The summed E-state index contributed by atoms with van der Waals surface area (Å²) >= 11 is 19.6.